The number of halogens is 3. The highest BCUT2D eigenvalue weighted by Crippen LogP contribution is 2.36. The van der Waals surface area contributed by atoms with Gasteiger partial charge in [0.25, 0.3) is 0 Å². The monoisotopic (exact) mass is 439 g/mol. The number of anilines is 1. The number of rotatable bonds is 4. The molecule has 4 nitrogen and oxygen atoms in total. The summed E-state index contributed by atoms with van der Waals surface area (Å²) in [5, 5.41) is 4.97. The van der Waals surface area contributed by atoms with Crippen LogP contribution in [0.4, 0.5) is 5.69 Å². The summed E-state index contributed by atoms with van der Waals surface area (Å²) in [4.78, 5) is 19.5. The number of hydrogen-bond acceptors (Lipinski definition) is 4. The molecular formula is C19H16Cl3N3OS. The van der Waals surface area contributed by atoms with Gasteiger partial charge in [-0.3, -0.25) is 9.69 Å². The van der Waals surface area contributed by atoms with Crippen molar-refractivity contribution in [3.63, 3.8) is 0 Å². The molecule has 2 aromatic carbocycles. The Hall–Kier alpha value is -1.37. The highest BCUT2D eigenvalue weighted by atomic mass is 35.5. The van der Waals surface area contributed by atoms with E-state index in [0.717, 1.165) is 29.9 Å². The number of nitrogens with zero attached hydrogens (tertiary/aromatic N) is 2. The maximum Gasteiger partial charge on any atom is 0.238 e. The highest BCUT2D eigenvalue weighted by Gasteiger charge is 2.30. The van der Waals surface area contributed by atoms with Crippen LogP contribution in [0.15, 0.2) is 36.4 Å². The van der Waals surface area contributed by atoms with Gasteiger partial charge in [0, 0.05) is 0 Å². The van der Waals surface area contributed by atoms with Gasteiger partial charge < -0.3 is 5.32 Å². The minimum Gasteiger partial charge on any atom is -0.324 e. The summed E-state index contributed by atoms with van der Waals surface area (Å²) >= 11 is 19.8. The molecule has 140 valence electrons. The third-order valence-electron chi connectivity index (χ3n) is 4.59. The lowest BCUT2D eigenvalue weighted by molar-refractivity contribution is -0.117. The molecule has 2 heterocycles. The van der Waals surface area contributed by atoms with Crippen LogP contribution in [0, 0.1) is 0 Å². The minimum absolute atomic E-state index is 0.136. The second-order valence-electron chi connectivity index (χ2n) is 6.44. The number of benzene rings is 2. The van der Waals surface area contributed by atoms with Gasteiger partial charge in [-0.15, -0.1) is 11.3 Å². The lowest BCUT2D eigenvalue weighted by Crippen LogP contribution is -2.33. The van der Waals surface area contributed by atoms with Crippen LogP contribution in [0.5, 0.6) is 0 Å². The van der Waals surface area contributed by atoms with Crippen LogP contribution in [-0.2, 0) is 4.79 Å². The Morgan fingerprint density at radius 2 is 1.96 bits per heavy atom. The lowest BCUT2D eigenvalue weighted by atomic mass is 10.2. The Labute approximate surface area is 176 Å². The van der Waals surface area contributed by atoms with E-state index in [9.17, 15) is 4.79 Å². The lowest BCUT2D eigenvalue weighted by Gasteiger charge is -2.22. The second-order valence-corrected chi connectivity index (χ2v) is 8.73. The zero-order chi connectivity index (χ0) is 19.0. The molecule has 0 spiro atoms. The van der Waals surface area contributed by atoms with Crippen molar-refractivity contribution in [2.75, 3.05) is 18.4 Å². The molecule has 1 amide bonds. The van der Waals surface area contributed by atoms with Crippen molar-refractivity contribution in [1.29, 1.82) is 0 Å². The van der Waals surface area contributed by atoms with Crippen molar-refractivity contribution >= 4 is 68.0 Å². The fraction of sp³-hybridized carbons (Fsp3) is 0.263. The number of hydrogen-bond donors (Lipinski definition) is 1. The summed E-state index contributed by atoms with van der Waals surface area (Å²) in [5.41, 5.74) is 1.48. The fourth-order valence-electron chi connectivity index (χ4n) is 3.32. The molecule has 0 aliphatic carbocycles. The van der Waals surface area contributed by atoms with Gasteiger partial charge in [0.05, 0.1) is 43.6 Å². The van der Waals surface area contributed by atoms with Crippen LogP contribution in [0.3, 0.4) is 0 Å². The van der Waals surface area contributed by atoms with Crippen LogP contribution in [0.1, 0.15) is 23.9 Å². The first-order valence-electron chi connectivity index (χ1n) is 8.55. The number of thiazole rings is 1. The zero-order valence-electron chi connectivity index (χ0n) is 14.2. The van der Waals surface area contributed by atoms with Crippen molar-refractivity contribution in [3.8, 4) is 0 Å². The largest absolute Gasteiger partial charge is 0.324 e. The minimum atomic E-state index is -0.136. The number of para-hydroxylation sites is 1. The van der Waals surface area contributed by atoms with Gasteiger partial charge in [0.2, 0.25) is 5.91 Å². The molecule has 1 aliphatic heterocycles. The molecule has 0 bridgehead atoms. The molecule has 4 rings (SSSR count). The molecule has 1 saturated heterocycles. The number of carbonyl (C=O) groups excluding carboxylic acids is 1. The number of amides is 1. The molecule has 1 aliphatic rings. The average molecular weight is 441 g/mol. The van der Waals surface area contributed by atoms with Crippen molar-refractivity contribution in [2.45, 2.75) is 18.9 Å². The maximum atomic E-state index is 12.6. The van der Waals surface area contributed by atoms with E-state index in [1.165, 1.54) is 10.8 Å². The molecule has 1 atom stereocenters. The van der Waals surface area contributed by atoms with Crippen LogP contribution < -0.4 is 5.32 Å². The third-order valence-corrected chi connectivity index (χ3v) is 6.76. The third kappa shape index (κ3) is 4.08. The molecule has 27 heavy (non-hydrogen) atoms. The van der Waals surface area contributed by atoms with E-state index in [0.29, 0.717) is 20.8 Å². The first-order valence-corrected chi connectivity index (χ1v) is 10.5. The standard InChI is InChI=1S/C19H16Cl3N3OS/c20-11-8-13(22)15(9-12(11)21)23-18(26)10-25-7-3-5-16(25)19-24-14-4-1-2-6-17(14)27-19/h1-2,4,6,8-9,16H,3,5,7,10H2,(H,23,26). The van der Waals surface area contributed by atoms with Gasteiger partial charge in [0.1, 0.15) is 5.01 Å². The Balaban J connectivity index is 1.48. The van der Waals surface area contributed by atoms with Gasteiger partial charge in [-0.25, -0.2) is 4.98 Å². The normalized spacial score (nSPS) is 17.5. The fourth-order valence-corrected chi connectivity index (χ4v) is 5.05. The highest BCUT2D eigenvalue weighted by molar-refractivity contribution is 7.18. The molecule has 1 unspecified atom stereocenters. The number of nitrogens with one attached hydrogen (secondary N) is 1. The van der Waals surface area contributed by atoms with E-state index >= 15 is 0 Å². The van der Waals surface area contributed by atoms with Crippen LogP contribution >= 0.6 is 46.1 Å². The Morgan fingerprint density at radius 1 is 1.19 bits per heavy atom. The summed E-state index contributed by atoms with van der Waals surface area (Å²) in [5.74, 6) is -0.136. The number of fused-ring (bicyclic) bond motifs is 1. The smallest absolute Gasteiger partial charge is 0.238 e. The SMILES string of the molecule is O=C(CN1CCCC1c1nc2ccccc2s1)Nc1cc(Cl)c(Cl)cc1Cl. The van der Waals surface area contributed by atoms with Gasteiger partial charge in [-0.1, -0.05) is 46.9 Å². The van der Waals surface area contributed by atoms with Crippen molar-refractivity contribution in [3.05, 3.63) is 56.5 Å². The van der Waals surface area contributed by atoms with Crippen molar-refractivity contribution < 1.29 is 4.79 Å². The quantitative estimate of drug-likeness (QED) is 0.504. The Kier molecular flexibility index (Phi) is 5.58. The molecule has 3 aromatic rings. The Bertz CT molecular complexity index is 974. The zero-order valence-corrected chi connectivity index (χ0v) is 17.3. The number of likely N-dealkylation sites (tertiary alicyclic amines) is 1. The van der Waals surface area contributed by atoms with E-state index in [-0.39, 0.29) is 18.5 Å². The van der Waals surface area contributed by atoms with Crippen molar-refractivity contribution in [2.24, 2.45) is 0 Å². The predicted octanol–water partition coefficient (Wildman–Crippen LogP) is 6.03. The summed E-state index contributed by atoms with van der Waals surface area (Å²) in [7, 11) is 0. The number of carbonyl (C=O) groups is 1. The first-order chi connectivity index (χ1) is 13.0. The molecule has 8 heteroatoms. The van der Waals surface area contributed by atoms with E-state index in [1.54, 1.807) is 17.4 Å². The van der Waals surface area contributed by atoms with Crippen LogP contribution in [0.2, 0.25) is 15.1 Å². The summed E-state index contributed by atoms with van der Waals surface area (Å²) in [6.07, 6.45) is 2.04. The van der Waals surface area contributed by atoms with Gasteiger partial charge in [-0.05, 0) is 43.7 Å². The molecule has 0 radical (unpaired) electrons. The maximum absolute atomic E-state index is 12.6. The van der Waals surface area contributed by atoms with E-state index < -0.39 is 0 Å². The van der Waals surface area contributed by atoms with Crippen LogP contribution in [0.25, 0.3) is 10.2 Å². The molecule has 1 N–H and O–H groups in total. The summed E-state index contributed by atoms with van der Waals surface area (Å²) in [6.45, 7) is 1.14. The van der Waals surface area contributed by atoms with Gasteiger partial charge >= 0.3 is 0 Å². The predicted molar refractivity (Wildman–Crippen MR) is 113 cm³/mol. The second kappa shape index (κ2) is 7.94. The molecule has 0 saturated carbocycles. The van der Waals surface area contributed by atoms with E-state index in [4.69, 9.17) is 39.8 Å². The van der Waals surface area contributed by atoms with E-state index in [2.05, 4.69) is 16.3 Å². The van der Waals surface area contributed by atoms with E-state index in [1.807, 2.05) is 18.2 Å². The molecular weight excluding hydrogens is 425 g/mol. The molecule has 1 aromatic heterocycles. The van der Waals surface area contributed by atoms with Crippen LogP contribution in [-0.4, -0.2) is 28.9 Å². The summed E-state index contributed by atoms with van der Waals surface area (Å²) in [6, 6.07) is 11.4. The number of aromatic nitrogens is 1. The van der Waals surface area contributed by atoms with Gasteiger partial charge in [-0.2, -0.15) is 0 Å². The average Bonchev–Trinajstić information content (AvgIpc) is 3.25. The Morgan fingerprint density at radius 3 is 2.78 bits per heavy atom. The first kappa shape index (κ1) is 19.0. The molecule has 1 fully saturated rings. The topological polar surface area (TPSA) is 45.2 Å². The van der Waals surface area contributed by atoms with Gasteiger partial charge in [0.15, 0.2) is 0 Å². The van der Waals surface area contributed by atoms with Crippen molar-refractivity contribution in [1.82, 2.24) is 9.88 Å². The summed E-state index contributed by atoms with van der Waals surface area (Å²) < 4.78 is 1.17.